The molecule has 142 valence electrons. The predicted octanol–water partition coefficient (Wildman–Crippen LogP) is 3.66. The molecule has 0 radical (unpaired) electrons. The molecule has 0 unspecified atom stereocenters. The fourth-order valence-corrected chi connectivity index (χ4v) is 2.87. The lowest BCUT2D eigenvalue weighted by Crippen LogP contribution is -2.26. The highest BCUT2D eigenvalue weighted by atomic mass is 16.5. The first-order valence-electron chi connectivity index (χ1n) is 9.41. The quantitative estimate of drug-likeness (QED) is 0.618. The van der Waals surface area contributed by atoms with E-state index in [9.17, 15) is 4.79 Å². The van der Waals surface area contributed by atoms with Crippen LogP contribution in [0.15, 0.2) is 42.7 Å². The normalized spacial score (nSPS) is 11.3. The van der Waals surface area contributed by atoms with Gasteiger partial charge in [-0.2, -0.15) is 5.10 Å². The number of carbonyl (C=O) groups excluding carboxylic acids is 1. The van der Waals surface area contributed by atoms with Gasteiger partial charge in [-0.15, -0.1) is 0 Å². The molecule has 1 amide bonds. The molecule has 0 saturated carbocycles. The van der Waals surface area contributed by atoms with E-state index in [1.165, 1.54) is 0 Å². The number of aromatic nitrogens is 3. The second-order valence-corrected chi connectivity index (χ2v) is 6.69. The van der Waals surface area contributed by atoms with Gasteiger partial charge in [0.05, 0.1) is 29.1 Å². The molecule has 1 aromatic carbocycles. The molecular weight excluding hydrogens is 340 g/mol. The van der Waals surface area contributed by atoms with Crippen LogP contribution in [0.25, 0.3) is 22.2 Å². The molecule has 0 atom stereocenters. The minimum atomic E-state index is -0.0951. The molecule has 6 nitrogen and oxygen atoms in total. The second-order valence-electron chi connectivity index (χ2n) is 6.69. The van der Waals surface area contributed by atoms with Crippen molar-refractivity contribution in [3.8, 4) is 11.3 Å². The number of para-hydroxylation sites is 1. The summed E-state index contributed by atoms with van der Waals surface area (Å²) in [5, 5.41) is 8.15. The van der Waals surface area contributed by atoms with Crippen LogP contribution in [0.4, 0.5) is 0 Å². The smallest absolute Gasteiger partial charge is 0.252 e. The summed E-state index contributed by atoms with van der Waals surface area (Å²) < 4.78 is 7.37. The topological polar surface area (TPSA) is 69.0 Å². The van der Waals surface area contributed by atoms with Gasteiger partial charge in [0.25, 0.3) is 5.91 Å². The second kappa shape index (κ2) is 8.77. The van der Waals surface area contributed by atoms with Crippen molar-refractivity contribution in [3.05, 3.63) is 48.3 Å². The van der Waals surface area contributed by atoms with Gasteiger partial charge in [0.2, 0.25) is 0 Å². The van der Waals surface area contributed by atoms with Gasteiger partial charge < -0.3 is 10.1 Å². The van der Waals surface area contributed by atoms with Gasteiger partial charge in [-0.1, -0.05) is 18.2 Å². The van der Waals surface area contributed by atoms with E-state index in [1.807, 2.05) is 62.0 Å². The molecule has 1 N–H and O–H groups in total. The number of rotatable bonds is 8. The maximum atomic E-state index is 12.8. The Morgan fingerprint density at radius 1 is 1.30 bits per heavy atom. The highest BCUT2D eigenvalue weighted by Gasteiger charge is 2.14. The van der Waals surface area contributed by atoms with Crippen LogP contribution in [0, 0.1) is 0 Å². The minimum absolute atomic E-state index is 0.0951. The van der Waals surface area contributed by atoms with E-state index < -0.39 is 0 Å². The van der Waals surface area contributed by atoms with Crippen LogP contribution < -0.4 is 5.32 Å². The summed E-state index contributed by atoms with van der Waals surface area (Å²) in [6.45, 7) is 8.04. The van der Waals surface area contributed by atoms with Crippen molar-refractivity contribution in [2.24, 2.45) is 0 Å². The zero-order valence-corrected chi connectivity index (χ0v) is 16.1. The highest BCUT2D eigenvalue weighted by molar-refractivity contribution is 6.07. The number of ether oxygens (including phenoxy) is 1. The number of amides is 1. The van der Waals surface area contributed by atoms with Crippen molar-refractivity contribution in [3.63, 3.8) is 0 Å². The zero-order valence-electron chi connectivity index (χ0n) is 16.1. The molecule has 3 aromatic rings. The Balaban J connectivity index is 1.83. The average molecular weight is 366 g/mol. The molecule has 0 spiro atoms. The van der Waals surface area contributed by atoms with Crippen molar-refractivity contribution >= 4 is 16.8 Å². The van der Waals surface area contributed by atoms with Crippen LogP contribution in [0.3, 0.4) is 0 Å². The first-order chi connectivity index (χ1) is 13.1. The maximum Gasteiger partial charge on any atom is 0.252 e. The van der Waals surface area contributed by atoms with Crippen LogP contribution in [0.1, 0.15) is 37.6 Å². The van der Waals surface area contributed by atoms with E-state index in [-0.39, 0.29) is 12.0 Å². The average Bonchev–Trinajstić information content (AvgIpc) is 3.15. The van der Waals surface area contributed by atoms with Gasteiger partial charge in [-0.3, -0.25) is 9.48 Å². The number of hydrogen-bond acceptors (Lipinski definition) is 4. The summed E-state index contributed by atoms with van der Waals surface area (Å²) in [5.41, 5.74) is 3.08. The highest BCUT2D eigenvalue weighted by Crippen LogP contribution is 2.24. The summed E-state index contributed by atoms with van der Waals surface area (Å²) in [7, 11) is 0. The molecule has 6 heteroatoms. The maximum absolute atomic E-state index is 12.8. The van der Waals surface area contributed by atoms with Crippen LogP contribution in [0.5, 0.6) is 0 Å². The van der Waals surface area contributed by atoms with Crippen LogP contribution in [-0.2, 0) is 11.3 Å². The number of pyridine rings is 1. The van der Waals surface area contributed by atoms with Crippen LogP contribution >= 0.6 is 0 Å². The number of nitrogens with zero attached hydrogens (tertiary/aromatic N) is 3. The largest absolute Gasteiger partial charge is 0.379 e. The van der Waals surface area contributed by atoms with Gasteiger partial charge in [-0.05, 0) is 39.3 Å². The van der Waals surface area contributed by atoms with E-state index in [1.54, 1.807) is 6.20 Å². The summed E-state index contributed by atoms with van der Waals surface area (Å²) in [4.78, 5) is 17.5. The van der Waals surface area contributed by atoms with E-state index in [0.29, 0.717) is 18.7 Å². The van der Waals surface area contributed by atoms with Crippen molar-refractivity contribution < 1.29 is 9.53 Å². The summed E-state index contributed by atoms with van der Waals surface area (Å²) in [6, 6.07) is 9.56. The third-order valence-electron chi connectivity index (χ3n) is 4.27. The Morgan fingerprint density at radius 2 is 2.11 bits per heavy atom. The van der Waals surface area contributed by atoms with Crippen LogP contribution in [-0.4, -0.2) is 39.9 Å². The molecule has 0 bridgehead atoms. The number of benzene rings is 1. The molecule has 0 saturated heterocycles. The van der Waals surface area contributed by atoms with Crippen molar-refractivity contribution in [2.45, 2.75) is 39.8 Å². The summed E-state index contributed by atoms with van der Waals surface area (Å²) in [6.07, 6.45) is 4.72. The third-order valence-corrected chi connectivity index (χ3v) is 4.27. The zero-order chi connectivity index (χ0) is 19.2. The molecule has 2 aromatic heterocycles. The van der Waals surface area contributed by atoms with Gasteiger partial charge in [0.1, 0.15) is 0 Å². The lowest BCUT2D eigenvalue weighted by molar-refractivity contribution is 0.0757. The number of aryl methyl sites for hydroxylation is 1. The van der Waals surface area contributed by atoms with Crippen LogP contribution in [0.2, 0.25) is 0 Å². The predicted molar refractivity (Wildman–Crippen MR) is 107 cm³/mol. The Kier molecular flexibility index (Phi) is 6.19. The van der Waals surface area contributed by atoms with E-state index in [0.717, 1.165) is 35.1 Å². The van der Waals surface area contributed by atoms with Crippen molar-refractivity contribution in [1.82, 2.24) is 20.1 Å². The van der Waals surface area contributed by atoms with Gasteiger partial charge >= 0.3 is 0 Å². The minimum Gasteiger partial charge on any atom is -0.379 e. The lowest BCUT2D eigenvalue weighted by atomic mass is 10.0. The summed E-state index contributed by atoms with van der Waals surface area (Å²) >= 11 is 0. The Bertz CT molecular complexity index is 917. The molecule has 0 aliphatic heterocycles. The fourth-order valence-electron chi connectivity index (χ4n) is 2.87. The lowest BCUT2D eigenvalue weighted by Gasteiger charge is -2.11. The van der Waals surface area contributed by atoms with Gasteiger partial charge in [-0.25, -0.2) is 4.98 Å². The molecule has 27 heavy (non-hydrogen) atoms. The molecular formula is C21H26N4O2. The molecule has 2 heterocycles. The van der Waals surface area contributed by atoms with E-state index >= 15 is 0 Å². The standard InChI is InChI=1S/C21H26N4O2/c1-4-25-14-16(13-23-25)20-12-18(17-8-5-6-9-19(17)24-20)21(26)22-10-7-11-27-15(2)3/h5-6,8-9,12-15H,4,7,10-11H2,1-3H3,(H,22,26). The van der Waals surface area contributed by atoms with Crippen molar-refractivity contribution in [2.75, 3.05) is 13.2 Å². The molecule has 0 aliphatic carbocycles. The molecule has 0 fully saturated rings. The number of hydrogen-bond donors (Lipinski definition) is 1. The fraction of sp³-hybridized carbons (Fsp3) is 0.381. The summed E-state index contributed by atoms with van der Waals surface area (Å²) in [5.74, 6) is -0.0951. The monoisotopic (exact) mass is 366 g/mol. The molecule has 3 rings (SSSR count). The Morgan fingerprint density at radius 3 is 2.85 bits per heavy atom. The first kappa shape index (κ1) is 19.0. The van der Waals surface area contributed by atoms with Gasteiger partial charge in [0.15, 0.2) is 0 Å². The number of nitrogens with one attached hydrogen (secondary N) is 1. The van der Waals surface area contributed by atoms with Crippen molar-refractivity contribution in [1.29, 1.82) is 0 Å². The first-order valence-corrected chi connectivity index (χ1v) is 9.41. The third kappa shape index (κ3) is 4.71. The van der Waals surface area contributed by atoms with Gasteiger partial charge in [0, 0.05) is 36.8 Å². The number of fused-ring (bicyclic) bond motifs is 1. The SMILES string of the molecule is CCn1cc(-c2cc(C(=O)NCCCOC(C)C)c3ccccc3n2)cn1. The number of carbonyl (C=O) groups is 1. The van der Waals surface area contributed by atoms with E-state index in [2.05, 4.69) is 10.4 Å². The molecule has 0 aliphatic rings. The Labute approximate surface area is 159 Å². The van der Waals surface area contributed by atoms with E-state index in [4.69, 9.17) is 9.72 Å². The Hall–Kier alpha value is -2.73.